The van der Waals surface area contributed by atoms with E-state index in [9.17, 15) is 19.5 Å². The minimum Gasteiger partial charge on any atom is -0.507 e. The summed E-state index contributed by atoms with van der Waals surface area (Å²) in [7, 11) is 1.44. The minimum atomic E-state index is -0.815. The number of esters is 1. The molecule has 0 unspecified atom stereocenters. The predicted octanol–water partition coefficient (Wildman–Crippen LogP) is 2.50. The summed E-state index contributed by atoms with van der Waals surface area (Å²) in [4.78, 5) is 36.0. The Kier molecular flexibility index (Phi) is 4.62. The number of carbonyl (C=O) groups is 3. The smallest absolute Gasteiger partial charge is 0.342 e. The van der Waals surface area contributed by atoms with E-state index in [0.717, 1.165) is 5.56 Å². The van der Waals surface area contributed by atoms with Gasteiger partial charge in [-0.05, 0) is 42.8 Å². The molecule has 1 atom stereocenters. The van der Waals surface area contributed by atoms with Crippen LogP contribution < -0.4 is 10.1 Å². The highest BCUT2D eigenvalue weighted by Crippen LogP contribution is 2.32. The zero-order chi connectivity index (χ0) is 18.8. The first-order valence-electron chi connectivity index (χ1n) is 7.93. The highest BCUT2D eigenvalue weighted by molar-refractivity contribution is 6.05. The SMILES string of the molecule is COc1ccc(C(=O)OCC(=O)c2ccc3c(c2)[C@@H](C)C(=O)N3)c(O)c1. The van der Waals surface area contributed by atoms with Crippen LogP contribution in [-0.2, 0) is 9.53 Å². The van der Waals surface area contributed by atoms with E-state index in [2.05, 4.69) is 5.32 Å². The van der Waals surface area contributed by atoms with E-state index in [1.54, 1.807) is 25.1 Å². The largest absolute Gasteiger partial charge is 0.507 e. The van der Waals surface area contributed by atoms with Crippen LogP contribution in [0.3, 0.4) is 0 Å². The standard InChI is InChI=1S/C19H17NO6/c1-10-14-7-11(3-6-15(14)20-18(10)23)17(22)9-26-19(24)13-5-4-12(25-2)8-16(13)21/h3-8,10,21H,9H2,1-2H3,(H,20,23)/t10-/m1/s1. The number of nitrogens with one attached hydrogen (secondary N) is 1. The Hall–Kier alpha value is -3.35. The van der Waals surface area contributed by atoms with Gasteiger partial charge in [0.15, 0.2) is 12.4 Å². The van der Waals surface area contributed by atoms with E-state index in [1.807, 2.05) is 0 Å². The number of phenols is 1. The maximum atomic E-state index is 12.3. The Morgan fingerprint density at radius 1 is 1.19 bits per heavy atom. The zero-order valence-electron chi connectivity index (χ0n) is 14.2. The van der Waals surface area contributed by atoms with Gasteiger partial charge in [0.1, 0.15) is 17.1 Å². The van der Waals surface area contributed by atoms with Crippen molar-refractivity contribution >= 4 is 23.3 Å². The van der Waals surface area contributed by atoms with Gasteiger partial charge in [0.05, 0.1) is 13.0 Å². The fourth-order valence-corrected chi connectivity index (χ4v) is 2.69. The molecule has 1 aliphatic rings. The molecule has 0 fully saturated rings. The molecule has 2 aromatic carbocycles. The average Bonchev–Trinajstić information content (AvgIpc) is 2.93. The molecule has 1 aliphatic heterocycles. The van der Waals surface area contributed by atoms with Crippen LogP contribution in [0.5, 0.6) is 11.5 Å². The van der Waals surface area contributed by atoms with Crippen LogP contribution >= 0.6 is 0 Å². The number of benzene rings is 2. The van der Waals surface area contributed by atoms with Crippen LogP contribution in [0, 0.1) is 0 Å². The van der Waals surface area contributed by atoms with Crippen LogP contribution in [0.1, 0.15) is 39.1 Å². The third-order valence-corrected chi connectivity index (χ3v) is 4.25. The van der Waals surface area contributed by atoms with Crippen molar-refractivity contribution in [3.8, 4) is 11.5 Å². The molecule has 0 bridgehead atoms. The molecule has 3 rings (SSSR count). The van der Waals surface area contributed by atoms with Crippen molar-refractivity contribution in [2.24, 2.45) is 0 Å². The summed E-state index contributed by atoms with van der Waals surface area (Å²) in [5.74, 6) is -1.57. The third kappa shape index (κ3) is 3.23. The number of rotatable bonds is 5. The number of phenolic OH excluding ortho intramolecular Hbond substituents is 1. The lowest BCUT2D eigenvalue weighted by atomic mass is 9.99. The fourth-order valence-electron chi connectivity index (χ4n) is 2.69. The molecule has 0 spiro atoms. The molecule has 0 saturated carbocycles. The molecule has 1 heterocycles. The Bertz CT molecular complexity index is 905. The van der Waals surface area contributed by atoms with Gasteiger partial charge in [-0.25, -0.2) is 4.79 Å². The summed E-state index contributed by atoms with van der Waals surface area (Å²) in [6.07, 6.45) is 0. The number of anilines is 1. The van der Waals surface area contributed by atoms with Crippen molar-refractivity contribution in [2.75, 3.05) is 19.0 Å². The van der Waals surface area contributed by atoms with Crippen molar-refractivity contribution in [3.63, 3.8) is 0 Å². The van der Waals surface area contributed by atoms with Crippen LogP contribution in [0.25, 0.3) is 0 Å². The van der Waals surface area contributed by atoms with Gasteiger partial charge in [0.2, 0.25) is 5.91 Å². The first kappa shape index (κ1) is 17.5. The van der Waals surface area contributed by atoms with E-state index in [0.29, 0.717) is 17.0 Å². The van der Waals surface area contributed by atoms with Crippen LogP contribution in [-0.4, -0.2) is 36.5 Å². The predicted molar refractivity (Wildman–Crippen MR) is 92.8 cm³/mol. The van der Waals surface area contributed by atoms with Crippen LogP contribution in [0.2, 0.25) is 0 Å². The normalized spacial score (nSPS) is 15.2. The number of Topliss-reactive ketones (excluding diaryl/α,β-unsaturated/α-hetero) is 1. The quantitative estimate of drug-likeness (QED) is 0.631. The summed E-state index contributed by atoms with van der Waals surface area (Å²) in [6.45, 7) is 1.28. The Balaban J connectivity index is 1.68. The van der Waals surface area contributed by atoms with Crippen LogP contribution in [0.15, 0.2) is 36.4 Å². The maximum absolute atomic E-state index is 12.3. The lowest BCUT2D eigenvalue weighted by molar-refractivity contribution is -0.116. The lowest BCUT2D eigenvalue weighted by Crippen LogP contribution is -2.14. The van der Waals surface area contributed by atoms with E-state index < -0.39 is 18.4 Å². The third-order valence-electron chi connectivity index (χ3n) is 4.25. The van der Waals surface area contributed by atoms with E-state index >= 15 is 0 Å². The zero-order valence-corrected chi connectivity index (χ0v) is 14.2. The first-order valence-corrected chi connectivity index (χ1v) is 7.93. The number of fused-ring (bicyclic) bond motifs is 1. The second-order valence-corrected chi connectivity index (χ2v) is 5.90. The van der Waals surface area contributed by atoms with Crippen molar-refractivity contribution < 1.29 is 29.0 Å². The second kappa shape index (κ2) is 6.87. The van der Waals surface area contributed by atoms with Gasteiger partial charge in [-0.2, -0.15) is 0 Å². The van der Waals surface area contributed by atoms with Gasteiger partial charge in [0.25, 0.3) is 0 Å². The van der Waals surface area contributed by atoms with Gasteiger partial charge in [-0.1, -0.05) is 0 Å². The summed E-state index contributed by atoms with van der Waals surface area (Å²) in [5, 5.41) is 12.6. The Labute approximate surface area is 149 Å². The molecule has 0 aliphatic carbocycles. The summed E-state index contributed by atoms with van der Waals surface area (Å²) in [5.41, 5.74) is 1.70. The number of methoxy groups -OCH3 is 1. The van der Waals surface area contributed by atoms with Crippen molar-refractivity contribution in [3.05, 3.63) is 53.1 Å². The van der Waals surface area contributed by atoms with Crippen molar-refractivity contribution in [1.82, 2.24) is 0 Å². The number of carbonyl (C=O) groups excluding carboxylic acids is 3. The fraction of sp³-hybridized carbons (Fsp3) is 0.211. The first-order chi connectivity index (χ1) is 12.4. The van der Waals surface area contributed by atoms with Gasteiger partial charge in [-0.3, -0.25) is 9.59 Å². The monoisotopic (exact) mass is 355 g/mol. The maximum Gasteiger partial charge on any atom is 0.342 e. The van der Waals surface area contributed by atoms with Gasteiger partial charge >= 0.3 is 5.97 Å². The van der Waals surface area contributed by atoms with Gasteiger partial charge in [0, 0.05) is 17.3 Å². The number of ether oxygens (including phenoxy) is 2. The van der Waals surface area contributed by atoms with Crippen LogP contribution in [0.4, 0.5) is 5.69 Å². The molecule has 7 nitrogen and oxygen atoms in total. The molecular formula is C19H17NO6. The molecule has 0 aromatic heterocycles. The summed E-state index contributed by atoms with van der Waals surface area (Å²) in [6, 6.07) is 8.99. The number of ketones is 1. The minimum absolute atomic E-state index is 0.0593. The molecule has 0 radical (unpaired) electrons. The van der Waals surface area contributed by atoms with Gasteiger partial charge < -0.3 is 19.9 Å². The molecule has 0 saturated heterocycles. The van der Waals surface area contributed by atoms with E-state index in [1.165, 1.54) is 25.3 Å². The highest BCUT2D eigenvalue weighted by atomic mass is 16.5. The number of amides is 1. The second-order valence-electron chi connectivity index (χ2n) is 5.90. The van der Waals surface area contributed by atoms with Crippen molar-refractivity contribution in [2.45, 2.75) is 12.8 Å². The lowest BCUT2D eigenvalue weighted by Gasteiger charge is -2.08. The molecule has 2 aromatic rings. The molecule has 26 heavy (non-hydrogen) atoms. The molecule has 7 heteroatoms. The van der Waals surface area contributed by atoms with Crippen molar-refractivity contribution in [1.29, 1.82) is 0 Å². The molecule has 134 valence electrons. The van der Waals surface area contributed by atoms with Gasteiger partial charge in [-0.15, -0.1) is 0 Å². The number of hydrogen-bond acceptors (Lipinski definition) is 6. The number of aromatic hydroxyl groups is 1. The molecule has 2 N–H and O–H groups in total. The Morgan fingerprint density at radius 3 is 2.65 bits per heavy atom. The topological polar surface area (TPSA) is 102 Å². The average molecular weight is 355 g/mol. The summed E-state index contributed by atoms with van der Waals surface area (Å²) >= 11 is 0. The summed E-state index contributed by atoms with van der Waals surface area (Å²) < 4.78 is 9.94. The molecular weight excluding hydrogens is 338 g/mol. The molecule has 1 amide bonds. The highest BCUT2D eigenvalue weighted by Gasteiger charge is 2.27. The van der Waals surface area contributed by atoms with E-state index in [4.69, 9.17) is 9.47 Å². The van der Waals surface area contributed by atoms with E-state index in [-0.39, 0.29) is 23.1 Å². The number of hydrogen-bond donors (Lipinski definition) is 2. The Morgan fingerprint density at radius 2 is 1.96 bits per heavy atom.